The Morgan fingerprint density at radius 1 is 1.30 bits per heavy atom. The van der Waals surface area contributed by atoms with Crippen molar-refractivity contribution in [1.29, 1.82) is 5.26 Å². The van der Waals surface area contributed by atoms with Gasteiger partial charge in [0.05, 0.1) is 28.2 Å². The van der Waals surface area contributed by atoms with Gasteiger partial charge in [-0.2, -0.15) is 5.26 Å². The van der Waals surface area contributed by atoms with Crippen LogP contribution in [0.5, 0.6) is 0 Å². The molecule has 3 rings (SSSR count). The molecule has 9 heteroatoms. The molecule has 1 heterocycles. The Morgan fingerprint density at radius 2 is 2.04 bits per heavy atom. The van der Waals surface area contributed by atoms with E-state index in [-0.39, 0.29) is 5.56 Å². The van der Waals surface area contributed by atoms with Crippen LogP contribution in [-0.4, -0.2) is 15.8 Å². The average Bonchev–Trinajstić information content (AvgIpc) is 3.08. The number of hydrogen-bond acceptors (Lipinski definition) is 6. The van der Waals surface area contributed by atoms with Crippen LogP contribution in [0.1, 0.15) is 26.4 Å². The maximum absolute atomic E-state index is 13.9. The molecule has 0 fully saturated rings. The number of halogens is 1. The monoisotopic (exact) mass is 382 g/mol. The maximum Gasteiger partial charge on any atom is 0.272 e. The zero-order chi connectivity index (χ0) is 19.4. The van der Waals surface area contributed by atoms with E-state index in [1.54, 1.807) is 18.3 Å². The third-order valence-electron chi connectivity index (χ3n) is 3.64. The summed E-state index contributed by atoms with van der Waals surface area (Å²) in [5, 5.41) is 22.2. The first-order chi connectivity index (χ1) is 13.0. The third-order valence-corrected chi connectivity index (χ3v) is 4.56. The van der Waals surface area contributed by atoms with Crippen molar-refractivity contribution in [2.75, 3.05) is 5.32 Å². The van der Waals surface area contributed by atoms with Crippen LogP contribution in [0.4, 0.5) is 15.2 Å². The molecule has 0 aliphatic heterocycles. The molecule has 0 radical (unpaired) electrons. The molecule has 0 aliphatic carbocycles. The number of non-ortho nitro benzene ring substituents is 1. The maximum atomic E-state index is 13.9. The summed E-state index contributed by atoms with van der Waals surface area (Å²) in [6, 6.07) is 12.0. The highest BCUT2D eigenvalue weighted by atomic mass is 32.1. The fourth-order valence-electron chi connectivity index (χ4n) is 2.31. The highest BCUT2D eigenvalue weighted by Crippen LogP contribution is 2.23. The van der Waals surface area contributed by atoms with Crippen LogP contribution in [0.2, 0.25) is 0 Å². The summed E-state index contributed by atoms with van der Waals surface area (Å²) in [5.74, 6) is -1.71. The fraction of sp³-hybridized carbons (Fsp3) is 0.0556. The van der Waals surface area contributed by atoms with Crippen LogP contribution in [0.15, 0.2) is 48.7 Å². The molecule has 2 aromatic carbocycles. The molecular formula is C18H11FN4O3S. The summed E-state index contributed by atoms with van der Waals surface area (Å²) in [7, 11) is 0. The minimum absolute atomic E-state index is 0.293. The number of nitrogens with one attached hydrogen (secondary N) is 1. The van der Waals surface area contributed by atoms with E-state index in [4.69, 9.17) is 5.26 Å². The smallest absolute Gasteiger partial charge is 0.272 e. The van der Waals surface area contributed by atoms with E-state index in [9.17, 15) is 19.3 Å². The number of aromatic nitrogens is 1. The number of nitro groups is 1. The second kappa shape index (κ2) is 7.72. The van der Waals surface area contributed by atoms with Crippen molar-refractivity contribution in [1.82, 2.24) is 4.98 Å². The summed E-state index contributed by atoms with van der Waals surface area (Å²) >= 11 is 1.24. The average molecular weight is 382 g/mol. The minimum Gasteiger partial charge on any atom is -0.298 e. The Kier molecular flexibility index (Phi) is 5.19. The van der Waals surface area contributed by atoms with Gasteiger partial charge in [-0.05, 0) is 23.8 Å². The number of anilines is 1. The van der Waals surface area contributed by atoms with Crippen molar-refractivity contribution in [3.8, 4) is 6.07 Å². The van der Waals surface area contributed by atoms with Gasteiger partial charge in [0.25, 0.3) is 11.6 Å². The standard InChI is InChI=1S/C18H11FN4O3S/c19-16-8-13(23(25)26)5-6-15(16)17(24)22-18-21-10-14(27-18)7-11-1-3-12(9-20)4-2-11/h1-6,8,10H,7H2,(H,21,22,24). The van der Waals surface area contributed by atoms with Crippen LogP contribution < -0.4 is 5.32 Å². The first-order valence-corrected chi connectivity index (χ1v) is 8.47. The van der Waals surface area contributed by atoms with Crippen molar-refractivity contribution < 1.29 is 14.1 Å². The van der Waals surface area contributed by atoms with E-state index in [2.05, 4.69) is 10.3 Å². The highest BCUT2D eigenvalue weighted by Gasteiger charge is 2.17. The number of nitrogens with zero attached hydrogens (tertiary/aromatic N) is 3. The molecule has 1 aromatic heterocycles. The Hall–Kier alpha value is -3.64. The summed E-state index contributed by atoms with van der Waals surface area (Å²) < 4.78 is 13.9. The number of nitriles is 1. The lowest BCUT2D eigenvalue weighted by Crippen LogP contribution is -2.13. The Morgan fingerprint density at radius 3 is 2.67 bits per heavy atom. The van der Waals surface area contributed by atoms with Gasteiger partial charge in [-0.15, -0.1) is 11.3 Å². The SMILES string of the molecule is N#Cc1ccc(Cc2cnc(NC(=O)c3ccc([N+](=O)[O-])cc3F)s2)cc1. The third kappa shape index (κ3) is 4.31. The molecule has 0 bridgehead atoms. The van der Waals surface area contributed by atoms with E-state index < -0.39 is 22.3 Å². The molecule has 3 aromatic rings. The van der Waals surface area contributed by atoms with Gasteiger partial charge in [0.2, 0.25) is 0 Å². The number of amides is 1. The van der Waals surface area contributed by atoms with Crippen molar-refractivity contribution in [3.63, 3.8) is 0 Å². The Labute approximate surface area is 156 Å². The largest absolute Gasteiger partial charge is 0.298 e. The molecule has 7 nitrogen and oxygen atoms in total. The van der Waals surface area contributed by atoms with Crippen molar-refractivity contribution >= 4 is 28.1 Å². The van der Waals surface area contributed by atoms with E-state index in [0.29, 0.717) is 23.2 Å². The number of carbonyl (C=O) groups is 1. The molecule has 0 aliphatic rings. The number of rotatable bonds is 5. The normalized spacial score (nSPS) is 10.2. The van der Waals surface area contributed by atoms with E-state index in [1.165, 1.54) is 11.3 Å². The zero-order valence-corrected chi connectivity index (χ0v) is 14.5. The zero-order valence-electron chi connectivity index (χ0n) is 13.7. The molecule has 0 atom stereocenters. The highest BCUT2D eigenvalue weighted by molar-refractivity contribution is 7.15. The number of thiazole rings is 1. The van der Waals surface area contributed by atoms with E-state index >= 15 is 0 Å². The molecule has 0 saturated carbocycles. The molecule has 0 unspecified atom stereocenters. The van der Waals surface area contributed by atoms with Crippen LogP contribution in [-0.2, 0) is 6.42 Å². The summed E-state index contributed by atoms with van der Waals surface area (Å²) in [5.41, 5.74) is 0.825. The second-order valence-corrected chi connectivity index (χ2v) is 6.61. The van der Waals surface area contributed by atoms with Crippen LogP contribution in [0, 0.1) is 27.3 Å². The molecule has 1 N–H and O–H groups in total. The molecule has 0 spiro atoms. The fourth-order valence-corrected chi connectivity index (χ4v) is 3.15. The second-order valence-electron chi connectivity index (χ2n) is 5.49. The van der Waals surface area contributed by atoms with Gasteiger partial charge in [-0.3, -0.25) is 20.2 Å². The van der Waals surface area contributed by atoms with Gasteiger partial charge in [-0.25, -0.2) is 9.37 Å². The van der Waals surface area contributed by atoms with Crippen LogP contribution in [0.3, 0.4) is 0 Å². The van der Waals surface area contributed by atoms with Gasteiger partial charge in [0, 0.05) is 23.6 Å². The number of carbonyl (C=O) groups excluding carboxylic acids is 1. The summed E-state index contributed by atoms with van der Waals surface area (Å²) in [6.45, 7) is 0. The lowest BCUT2D eigenvalue weighted by atomic mass is 10.1. The molecule has 134 valence electrons. The van der Waals surface area contributed by atoms with E-state index in [1.807, 2.05) is 18.2 Å². The lowest BCUT2D eigenvalue weighted by molar-refractivity contribution is -0.385. The number of benzene rings is 2. The van der Waals surface area contributed by atoms with Gasteiger partial charge in [-0.1, -0.05) is 12.1 Å². The summed E-state index contributed by atoms with van der Waals surface area (Å²) in [4.78, 5) is 27.0. The van der Waals surface area contributed by atoms with Gasteiger partial charge in [0.1, 0.15) is 5.82 Å². The minimum atomic E-state index is -0.976. The van der Waals surface area contributed by atoms with Crippen molar-refractivity contribution in [2.24, 2.45) is 0 Å². The quantitative estimate of drug-likeness (QED) is 0.532. The molecule has 1 amide bonds. The van der Waals surface area contributed by atoms with Crippen LogP contribution in [0.25, 0.3) is 0 Å². The van der Waals surface area contributed by atoms with Gasteiger partial charge >= 0.3 is 0 Å². The first-order valence-electron chi connectivity index (χ1n) is 7.65. The van der Waals surface area contributed by atoms with Gasteiger partial charge < -0.3 is 0 Å². The van der Waals surface area contributed by atoms with Crippen LogP contribution >= 0.6 is 11.3 Å². The topological polar surface area (TPSA) is 109 Å². The van der Waals surface area contributed by atoms with E-state index in [0.717, 1.165) is 22.6 Å². The molecule has 0 saturated heterocycles. The number of nitro benzene ring substituents is 1. The van der Waals surface area contributed by atoms with Gasteiger partial charge in [0.15, 0.2) is 5.13 Å². The van der Waals surface area contributed by atoms with Crippen molar-refractivity contribution in [3.05, 3.63) is 86.2 Å². The van der Waals surface area contributed by atoms with Crippen molar-refractivity contribution in [2.45, 2.75) is 6.42 Å². The first kappa shape index (κ1) is 18.2. The number of hydrogen-bond donors (Lipinski definition) is 1. The predicted octanol–water partition coefficient (Wildman–Crippen LogP) is 3.91. The molecular weight excluding hydrogens is 371 g/mol. The lowest BCUT2D eigenvalue weighted by Gasteiger charge is -2.03. The molecule has 27 heavy (non-hydrogen) atoms. The summed E-state index contributed by atoms with van der Waals surface area (Å²) in [6.07, 6.45) is 2.18. The Bertz CT molecular complexity index is 1060. The Balaban J connectivity index is 1.69. The predicted molar refractivity (Wildman–Crippen MR) is 97.1 cm³/mol.